The van der Waals surface area contributed by atoms with Gasteiger partial charge in [0.05, 0.1) is 0 Å². The number of carbonyl (C=O) groups is 2. The van der Waals surface area contributed by atoms with Crippen molar-refractivity contribution in [3.8, 4) is 11.4 Å². The third-order valence-corrected chi connectivity index (χ3v) is 5.43. The molecule has 34 heavy (non-hydrogen) atoms. The maximum absolute atomic E-state index is 13.4. The molecule has 9 heteroatoms. The van der Waals surface area contributed by atoms with E-state index in [0.29, 0.717) is 34.1 Å². The highest BCUT2D eigenvalue weighted by atomic mass is 32.1. The lowest BCUT2D eigenvalue weighted by Crippen LogP contribution is -2.16. The molecule has 0 saturated carbocycles. The standard InChI is InChI=1S/C25H22FN5O2S/c1-16-8-10-17(11-9-16)23-29-30-25(34)31(23)13-12-22(32)27-20-6-2-4-18(14-20)24(33)28-21-7-3-5-19(26)15-21/h2-11,14-15H,12-13H2,1H3,(H,27,32)(H,28,33)(H,30,34). The van der Waals surface area contributed by atoms with Crippen molar-refractivity contribution in [2.24, 2.45) is 0 Å². The predicted octanol–water partition coefficient (Wildman–Crippen LogP) is 5.34. The highest BCUT2D eigenvalue weighted by molar-refractivity contribution is 7.71. The molecule has 0 aliphatic rings. The van der Waals surface area contributed by atoms with Crippen LogP contribution < -0.4 is 10.6 Å². The van der Waals surface area contributed by atoms with Gasteiger partial charge >= 0.3 is 0 Å². The topological polar surface area (TPSA) is 91.8 Å². The summed E-state index contributed by atoms with van der Waals surface area (Å²) < 4.78 is 15.6. The molecule has 7 nitrogen and oxygen atoms in total. The first-order valence-corrected chi connectivity index (χ1v) is 11.0. The van der Waals surface area contributed by atoms with Crippen molar-refractivity contribution in [1.29, 1.82) is 0 Å². The van der Waals surface area contributed by atoms with Gasteiger partial charge in [-0.2, -0.15) is 5.10 Å². The summed E-state index contributed by atoms with van der Waals surface area (Å²) in [5.74, 6) is -0.425. The van der Waals surface area contributed by atoms with Crippen LogP contribution in [0.3, 0.4) is 0 Å². The summed E-state index contributed by atoms with van der Waals surface area (Å²) in [5, 5.41) is 12.5. The molecule has 2 amide bonds. The van der Waals surface area contributed by atoms with Gasteiger partial charge in [0.15, 0.2) is 10.6 Å². The Morgan fingerprint density at radius 2 is 1.71 bits per heavy atom. The Morgan fingerprint density at radius 1 is 1.00 bits per heavy atom. The second kappa shape index (κ2) is 10.2. The fourth-order valence-corrected chi connectivity index (χ4v) is 3.62. The number of anilines is 2. The van der Waals surface area contributed by atoms with Gasteiger partial charge in [-0.1, -0.05) is 42.0 Å². The zero-order valence-electron chi connectivity index (χ0n) is 18.3. The molecule has 0 aliphatic heterocycles. The zero-order chi connectivity index (χ0) is 24.1. The molecular formula is C25H22FN5O2S. The highest BCUT2D eigenvalue weighted by Crippen LogP contribution is 2.19. The predicted molar refractivity (Wildman–Crippen MR) is 132 cm³/mol. The van der Waals surface area contributed by atoms with Gasteiger partial charge in [0.25, 0.3) is 5.91 Å². The average molecular weight is 476 g/mol. The van der Waals surface area contributed by atoms with Gasteiger partial charge in [0.2, 0.25) is 5.91 Å². The molecule has 0 bridgehead atoms. The van der Waals surface area contributed by atoms with Gasteiger partial charge in [-0.3, -0.25) is 19.3 Å². The molecule has 4 aromatic rings. The lowest BCUT2D eigenvalue weighted by Gasteiger charge is -2.10. The molecule has 3 aromatic carbocycles. The van der Waals surface area contributed by atoms with Crippen LogP contribution in [0.1, 0.15) is 22.3 Å². The minimum absolute atomic E-state index is 0.159. The Morgan fingerprint density at radius 3 is 2.44 bits per heavy atom. The maximum atomic E-state index is 13.4. The third kappa shape index (κ3) is 5.62. The molecule has 0 saturated heterocycles. The zero-order valence-corrected chi connectivity index (χ0v) is 19.2. The molecule has 0 aliphatic carbocycles. The van der Waals surface area contributed by atoms with Gasteiger partial charge in [0.1, 0.15) is 5.82 Å². The number of aromatic amines is 1. The summed E-state index contributed by atoms with van der Waals surface area (Å²) >= 11 is 5.33. The molecule has 1 heterocycles. The number of amides is 2. The number of nitrogens with one attached hydrogen (secondary N) is 3. The van der Waals surface area contributed by atoms with E-state index < -0.39 is 11.7 Å². The number of aryl methyl sites for hydroxylation is 1. The van der Waals surface area contributed by atoms with Crippen LogP contribution in [0.25, 0.3) is 11.4 Å². The summed E-state index contributed by atoms with van der Waals surface area (Å²) in [6.07, 6.45) is 0.159. The van der Waals surface area contributed by atoms with Crippen LogP contribution in [0.2, 0.25) is 0 Å². The monoisotopic (exact) mass is 475 g/mol. The first-order chi connectivity index (χ1) is 16.4. The molecule has 0 fully saturated rings. The van der Waals surface area contributed by atoms with Crippen LogP contribution in [0, 0.1) is 17.5 Å². The number of nitrogens with zero attached hydrogens (tertiary/aromatic N) is 2. The Kier molecular flexibility index (Phi) is 6.93. The van der Waals surface area contributed by atoms with Gasteiger partial charge < -0.3 is 10.6 Å². The Bertz CT molecular complexity index is 1390. The summed E-state index contributed by atoms with van der Waals surface area (Å²) in [5.41, 5.74) is 3.19. The number of H-pyrrole nitrogens is 1. The van der Waals surface area contributed by atoms with E-state index in [1.807, 2.05) is 31.2 Å². The number of rotatable bonds is 7. The molecule has 4 rings (SSSR count). The van der Waals surface area contributed by atoms with Crippen LogP contribution in [0.4, 0.5) is 15.8 Å². The number of carbonyl (C=O) groups excluding carboxylic acids is 2. The van der Waals surface area contributed by atoms with Crippen LogP contribution in [-0.4, -0.2) is 26.6 Å². The van der Waals surface area contributed by atoms with E-state index >= 15 is 0 Å². The summed E-state index contributed by atoms with van der Waals surface area (Å²) in [4.78, 5) is 25.1. The van der Waals surface area contributed by atoms with E-state index in [1.54, 1.807) is 34.9 Å². The van der Waals surface area contributed by atoms with Gasteiger partial charge in [-0.05, 0) is 55.5 Å². The molecule has 3 N–H and O–H groups in total. The number of hydrogen-bond acceptors (Lipinski definition) is 4. The van der Waals surface area contributed by atoms with Crippen molar-refractivity contribution >= 4 is 35.4 Å². The maximum Gasteiger partial charge on any atom is 0.255 e. The van der Waals surface area contributed by atoms with E-state index in [9.17, 15) is 14.0 Å². The third-order valence-electron chi connectivity index (χ3n) is 5.12. The van der Waals surface area contributed by atoms with Crippen LogP contribution in [0.5, 0.6) is 0 Å². The second-order valence-corrected chi connectivity index (χ2v) is 8.10. The molecule has 0 atom stereocenters. The molecular weight excluding hydrogens is 453 g/mol. The van der Waals surface area contributed by atoms with Crippen molar-refractivity contribution in [2.45, 2.75) is 19.9 Å². The quantitative estimate of drug-likeness (QED) is 0.315. The summed E-state index contributed by atoms with van der Waals surface area (Å²) in [7, 11) is 0. The first-order valence-electron chi connectivity index (χ1n) is 10.6. The molecule has 172 valence electrons. The average Bonchev–Trinajstić information content (AvgIpc) is 3.18. The van der Waals surface area contributed by atoms with E-state index in [0.717, 1.165) is 11.1 Å². The van der Waals surface area contributed by atoms with Gasteiger partial charge in [-0.25, -0.2) is 4.39 Å². The van der Waals surface area contributed by atoms with E-state index in [2.05, 4.69) is 20.8 Å². The Labute approximate surface area is 200 Å². The van der Waals surface area contributed by atoms with Crippen molar-refractivity contribution in [3.63, 3.8) is 0 Å². The minimum Gasteiger partial charge on any atom is -0.326 e. The smallest absolute Gasteiger partial charge is 0.255 e. The molecule has 0 unspecified atom stereocenters. The van der Waals surface area contributed by atoms with Gasteiger partial charge in [-0.15, -0.1) is 0 Å². The summed E-state index contributed by atoms with van der Waals surface area (Å²) in [6.45, 7) is 2.34. The van der Waals surface area contributed by atoms with Crippen molar-refractivity contribution in [3.05, 3.63) is 94.5 Å². The Balaban J connectivity index is 1.40. The number of hydrogen-bond donors (Lipinski definition) is 3. The fraction of sp³-hybridized carbons (Fsp3) is 0.120. The molecule has 0 radical (unpaired) electrons. The van der Waals surface area contributed by atoms with Gasteiger partial charge in [0, 0.05) is 35.5 Å². The molecule has 1 aromatic heterocycles. The second-order valence-electron chi connectivity index (χ2n) is 7.71. The lowest BCUT2D eigenvalue weighted by molar-refractivity contribution is -0.116. The van der Waals surface area contributed by atoms with Crippen LogP contribution in [-0.2, 0) is 11.3 Å². The van der Waals surface area contributed by atoms with E-state index in [1.165, 1.54) is 18.2 Å². The van der Waals surface area contributed by atoms with Crippen LogP contribution >= 0.6 is 12.2 Å². The SMILES string of the molecule is Cc1ccc(-c2n[nH]c(=S)n2CCC(=O)Nc2cccc(C(=O)Nc3cccc(F)c3)c2)cc1. The largest absolute Gasteiger partial charge is 0.326 e. The number of halogens is 1. The minimum atomic E-state index is -0.443. The van der Waals surface area contributed by atoms with Crippen molar-refractivity contribution < 1.29 is 14.0 Å². The van der Waals surface area contributed by atoms with Crippen molar-refractivity contribution in [1.82, 2.24) is 14.8 Å². The Hall–Kier alpha value is -4.11. The van der Waals surface area contributed by atoms with E-state index in [-0.39, 0.29) is 12.3 Å². The first kappa shape index (κ1) is 23.1. The van der Waals surface area contributed by atoms with E-state index in [4.69, 9.17) is 12.2 Å². The summed E-state index contributed by atoms with van der Waals surface area (Å²) in [6, 6.07) is 20.1. The normalized spacial score (nSPS) is 10.6. The highest BCUT2D eigenvalue weighted by Gasteiger charge is 2.12. The van der Waals surface area contributed by atoms with Crippen molar-refractivity contribution in [2.75, 3.05) is 10.6 Å². The lowest BCUT2D eigenvalue weighted by atomic mass is 10.1. The fourth-order valence-electron chi connectivity index (χ4n) is 3.39. The molecule has 0 spiro atoms. The van der Waals surface area contributed by atoms with Crippen LogP contribution in [0.15, 0.2) is 72.8 Å². The number of benzene rings is 3. The number of aromatic nitrogens is 3.